The fraction of sp³-hybridized carbons (Fsp3) is 0.417. The van der Waals surface area contributed by atoms with Crippen LogP contribution in [0.15, 0.2) is 18.2 Å². The molecule has 1 N–H and O–H groups in total. The first-order valence-electron chi connectivity index (χ1n) is 5.46. The SMILES string of the molecule is O=C(O)CN(Cc1cccc(F)c1F)C1CC1. The highest BCUT2D eigenvalue weighted by Gasteiger charge is 2.30. The average Bonchev–Trinajstić information content (AvgIpc) is 3.06. The molecule has 0 aliphatic heterocycles. The summed E-state index contributed by atoms with van der Waals surface area (Å²) in [6.45, 7) is 0.00117. The summed E-state index contributed by atoms with van der Waals surface area (Å²) in [7, 11) is 0. The number of carboxylic acids is 1. The van der Waals surface area contributed by atoms with Crippen molar-refractivity contribution in [3.63, 3.8) is 0 Å². The maximum atomic E-state index is 13.4. The molecule has 1 aliphatic rings. The topological polar surface area (TPSA) is 40.5 Å². The first kappa shape index (κ1) is 12.0. The Hall–Kier alpha value is -1.49. The van der Waals surface area contributed by atoms with E-state index in [1.165, 1.54) is 12.1 Å². The van der Waals surface area contributed by atoms with E-state index in [0.717, 1.165) is 18.9 Å². The predicted molar refractivity (Wildman–Crippen MR) is 57.4 cm³/mol. The molecule has 1 aromatic rings. The summed E-state index contributed by atoms with van der Waals surface area (Å²) in [5.41, 5.74) is 0.207. The minimum atomic E-state index is -0.950. The van der Waals surface area contributed by atoms with Gasteiger partial charge < -0.3 is 5.11 Å². The average molecular weight is 241 g/mol. The summed E-state index contributed by atoms with van der Waals surface area (Å²) < 4.78 is 26.4. The van der Waals surface area contributed by atoms with Crippen LogP contribution in [-0.2, 0) is 11.3 Å². The zero-order valence-corrected chi connectivity index (χ0v) is 9.20. The number of hydrogen-bond donors (Lipinski definition) is 1. The highest BCUT2D eigenvalue weighted by molar-refractivity contribution is 5.69. The van der Waals surface area contributed by atoms with Crippen molar-refractivity contribution in [2.75, 3.05) is 6.54 Å². The molecule has 1 saturated carbocycles. The number of halogens is 2. The van der Waals surface area contributed by atoms with Crippen molar-refractivity contribution in [3.05, 3.63) is 35.4 Å². The van der Waals surface area contributed by atoms with Crippen LogP contribution in [0, 0.1) is 11.6 Å². The molecule has 0 heterocycles. The summed E-state index contributed by atoms with van der Waals surface area (Å²) in [4.78, 5) is 12.3. The lowest BCUT2D eigenvalue weighted by Crippen LogP contribution is -2.31. The van der Waals surface area contributed by atoms with Crippen molar-refractivity contribution < 1.29 is 18.7 Å². The predicted octanol–water partition coefficient (Wildman–Crippen LogP) is 2.01. The number of benzene rings is 1. The Labute approximate surface area is 97.7 Å². The minimum absolute atomic E-state index is 0.138. The third-order valence-electron chi connectivity index (χ3n) is 2.81. The maximum absolute atomic E-state index is 13.4. The van der Waals surface area contributed by atoms with Crippen molar-refractivity contribution >= 4 is 5.97 Å². The Morgan fingerprint density at radius 1 is 1.41 bits per heavy atom. The first-order valence-corrected chi connectivity index (χ1v) is 5.46. The summed E-state index contributed by atoms with van der Waals surface area (Å²) >= 11 is 0. The van der Waals surface area contributed by atoms with Gasteiger partial charge in [-0.05, 0) is 18.9 Å². The first-order chi connectivity index (χ1) is 8.08. The van der Waals surface area contributed by atoms with Gasteiger partial charge in [-0.25, -0.2) is 8.78 Å². The van der Waals surface area contributed by atoms with Crippen molar-refractivity contribution in [2.24, 2.45) is 0 Å². The van der Waals surface area contributed by atoms with E-state index < -0.39 is 17.6 Å². The molecule has 1 aliphatic carbocycles. The van der Waals surface area contributed by atoms with E-state index in [9.17, 15) is 13.6 Å². The molecule has 92 valence electrons. The van der Waals surface area contributed by atoms with Gasteiger partial charge in [0.05, 0.1) is 6.54 Å². The van der Waals surface area contributed by atoms with Crippen LogP contribution in [0.1, 0.15) is 18.4 Å². The number of aliphatic carboxylic acids is 1. The molecule has 5 heteroatoms. The Bertz CT molecular complexity index is 433. The Morgan fingerprint density at radius 2 is 2.12 bits per heavy atom. The van der Waals surface area contributed by atoms with Gasteiger partial charge in [-0.2, -0.15) is 0 Å². The highest BCUT2D eigenvalue weighted by Crippen LogP contribution is 2.28. The molecule has 17 heavy (non-hydrogen) atoms. The van der Waals surface area contributed by atoms with Gasteiger partial charge in [0, 0.05) is 18.2 Å². The van der Waals surface area contributed by atoms with Gasteiger partial charge in [0.15, 0.2) is 11.6 Å². The van der Waals surface area contributed by atoms with Crippen LogP contribution in [0.3, 0.4) is 0 Å². The van der Waals surface area contributed by atoms with E-state index in [-0.39, 0.29) is 24.7 Å². The molecule has 0 bridgehead atoms. The van der Waals surface area contributed by atoms with E-state index in [4.69, 9.17) is 5.11 Å². The third kappa shape index (κ3) is 3.00. The molecule has 2 rings (SSSR count). The molecule has 0 unspecified atom stereocenters. The Morgan fingerprint density at radius 3 is 2.71 bits per heavy atom. The van der Waals surface area contributed by atoms with Crippen molar-refractivity contribution in [2.45, 2.75) is 25.4 Å². The van der Waals surface area contributed by atoms with Crippen molar-refractivity contribution in [1.82, 2.24) is 4.90 Å². The lowest BCUT2D eigenvalue weighted by atomic mass is 10.2. The van der Waals surface area contributed by atoms with Crippen LogP contribution in [-0.4, -0.2) is 28.6 Å². The highest BCUT2D eigenvalue weighted by atomic mass is 19.2. The van der Waals surface area contributed by atoms with Crippen LogP contribution in [0.25, 0.3) is 0 Å². The quantitative estimate of drug-likeness (QED) is 0.857. The number of carboxylic acid groups (broad SMARTS) is 1. The van der Waals surface area contributed by atoms with Crippen LogP contribution in [0.4, 0.5) is 8.78 Å². The fourth-order valence-corrected chi connectivity index (χ4v) is 1.82. The minimum Gasteiger partial charge on any atom is -0.480 e. The molecule has 0 atom stereocenters. The standard InChI is InChI=1S/C12H13F2NO2/c13-10-3-1-2-8(12(10)14)6-15(7-11(16)17)9-4-5-9/h1-3,9H,4-7H2,(H,16,17). The van der Waals surface area contributed by atoms with Crippen LogP contribution < -0.4 is 0 Å². The monoisotopic (exact) mass is 241 g/mol. The van der Waals surface area contributed by atoms with Crippen LogP contribution in [0.5, 0.6) is 0 Å². The van der Waals surface area contributed by atoms with Crippen LogP contribution in [0.2, 0.25) is 0 Å². The summed E-state index contributed by atoms with van der Waals surface area (Å²) in [6.07, 6.45) is 1.84. The Balaban J connectivity index is 2.11. The van der Waals surface area contributed by atoms with Crippen molar-refractivity contribution in [1.29, 1.82) is 0 Å². The van der Waals surface area contributed by atoms with Gasteiger partial charge >= 0.3 is 5.97 Å². The third-order valence-corrected chi connectivity index (χ3v) is 2.81. The molecule has 1 aromatic carbocycles. The number of carbonyl (C=O) groups is 1. The second-order valence-corrected chi connectivity index (χ2v) is 4.24. The number of nitrogens with zero attached hydrogens (tertiary/aromatic N) is 1. The van der Waals surface area contributed by atoms with E-state index in [2.05, 4.69) is 0 Å². The smallest absolute Gasteiger partial charge is 0.317 e. The zero-order valence-electron chi connectivity index (χ0n) is 9.20. The second-order valence-electron chi connectivity index (χ2n) is 4.24. The fourth-order valence-electron chi connectivity index (χ4n) is 1.82. The van der Waals surface area contributed by atoms with E-state index in [1.807, 2.05) is 0 Å². The molecule has 0 saturated heterocycles. The van der Waals surface area contributed by atoms with E-state index in [0.29, 0.717) is 0 Å². The molecular weight excluding hydrogens is 228 g/mol. The molecular formula is C12H13F2NO2. The molecule has 3 nitrogen and oxygen atoms in total. The molecule has 0 radical (unpaired) electrons. The van der Waals surface area contributed by atoms with Crippen LogP contribution >= 0.6 is 0 Å². The number of hydrogen-bond acceptors (Lipinski definition) is 2. The van der Waals surface area contributed by atoms with Gasteiger partial charge in [-0.1, -0.05) is 12.1 Å². The molecule has 1 fully saturated rings. The largest absolute Gasteiger partial charge is 0.480 e. The summed E-state index contributed by atoms with van der Waals surface area (Å²) in [6, 6.07) is 4.15. The van der Waals surface area contributed by atoms with E-state index >= 15 is 0 Å². The lowest BCUT2D eigenvalue weighted by molar-refractivity contribution is -0.138. The second kappa shape index (κ2) is 4.79. The molecule has 0 amide bonds. The van der Waals surface area contributed by atoms with E-state index in [1.54, 1.807) is 4.90 Å². The van der Waals surface area contributed by atoms with Gasteiger partial charge in [0.25, 0.3) is 0 Å². The molecule has 0 aromatic heterocycles. The molecule has 0 spiro atoms. The van der Waals surface area contributed by atoms with Gasteiger partial charge in [0.1, 0.15) is 0 Å². The normalized spacial score (nSPS) is 15.2. The summed E-state index contributed by atoms with van der Waals surface area (Å²) in [5, 5.41) is 8.75. The van der Waals surface area contributed by atoms with Gasteiger partial charge in [-0.15, -0.1) is 0 Å². The maximum Gasteiger partial charge on any atom is 0.317 e. The van der Waals surface area contributed by atoms with Gasteiger partial charge in [-0.3, -0.25) is 9.69 Å². The van der Waals surface area contributed by atoms with Gasteiger partial charge in [0.2, 0.25) is 0 Å². The summed E-state index contributed by atoms with van der Waals surface area (Å²) in [5.74, 6) is -2.73. The lowest BCUT2D eigenvalue weighted by Gasteiger charge is -2.19. The Kier molecular flexibility index (Phi) is 3.38. The number of rotatable bonds is 5. The zero-order chi connectivity index (χ0) is 12.4. The van der Waals surface area contributed by atoms with Crippen molar-refractivity contribution in [3.8, 4) is 0 Å².